The molecule has 1 aromatic rings. The van der Waals surface area contributed by atoms with Crippen LogP contribution in [0.3, 0.4) is 0 Å². The van der Waals surface area contributed by atoms with E-state index >= 15 is 0 Å². The second kappa shape index (κ2) is 7.11. The van der Waals surface area contributed by atoms with Gasteiger partial charge in [0.05, 0.1) is 12.2 Å². The lowest BCUT2D eigenvalue weighted by atomic mass is 9.95. The maximum atomic E-state index is 12.6. The summed E-state index contributed by atoms with van der Waals surface area (Å²) in [6.45, 7) is 3.41. The van der Waals surface area contributed by atoms with Crippen molar-refractivity contribution >= 4 is 11.8 Å². The van der Waals surface area contributed by atoms with Gasteiger partial charge in [-0.3, -0.25) is 9.59 Å². The highest BCUT2D eigenvalue weighted by molar-refractivity contribution is 5.92. The average Bonchev–Trinajstić information content (AvgIpc) is 3.33. The standard InChI is InChI=1S/C17H26N6O2/c24-16(19-13-1-2-13)15-11-23(21-20-15)14-5-9-22(10-6-14)17(25)12-3-7-18-8-4-12/h11-14,18H,1-10H2,(H,19,24). The zero-order chi connectivity index (χ0) is 17.2. The van der Waals surface area contributed by atoms with Gasteiger partial charge in [-0.1, -0.05) is 5.21 Å². The number of piperidine rings is 2. The molecule has 3 heterocycles. The first-order valence-electron chi connectivity index (χ1n) is 9.43. The van der Waals surface area contributed by atoms with Crippen molar-refractivity contribution in [2.75, 3.05) is 26.2 Å². The molecule has 3 aliphatic rings. The second-order valence-electron chi connectivity index (χ2n) is 7.41. The van der Waals surface area contributed by atoms with E-state index in [1.165, 1.54) is 0 Å². The normalized spacial score (nSPS) is 22.8. The lowest BCUT2D eigenvalue weighted by Crippen LogP contribution is -2.44. The molecule has 136 valence electrons. The Morgan fingerprint density at radius 3 is 2.48 bits per heavy atom. The number of amides is 2. The van der Waals surface area contributed by atoms with Gasteiger partial charge in [0, 0.05) is 25.0 Å². The predicted molar refractivity (Wildman–Crippen MR) is 91.0 cm³/mol. The third kappa shape index (κ3) is 3.84. The molecule has 0 unspecified atom stereocenters. The molecule has 0 aromatic carbocycles. The summed E-state index contributed by atoms with van der Waals surface area (Å²) in [6.07, 6.45) is 7.48. The van der Waals surface area contributed by atoms with Crippen LogP contribution in [0.1, 0.15) is 55.1 Å². The van der Waals surface area contributed by atoms with Crippen molar-refractivity contribution < 1.29 is 9.59 Å². The van der Waals surface area contributed by atoms with Gasteiger partial charge in [-0.2, -0.15) is 0 Å². The molecule has 0 radical (unpaired) electrons. The zero-order valence-electron chi connectivity index (χ0n) is 14.5. The van der Waals surface area contributed by atoms with Crippen molar-refractivity contribution in [1.82, 2.24) is 30.5 Å². The summed E-state index contributed by atoms with van der Waals surface area (Å²) in [4.78, 5) is 26.6. The van der Waals surface area contributed by atoms with Gasteiger partial charge < -0.3 is 15.5 Å². The van der Waals surface area contributed by atoms with Gasteiger partial charge in [0.25, 0.3) is 5.91 Å². The molecule has 4 rings (SSSR count). The first kappa shape index (κ1) is 16.5. The Morgan fingerprint density at radius 2 is 1.80 bits per heavy atom. The van der Waals surface area contributed by atoms with Crippen molar-refractivity contribution in [3.8, 4) is 0 Å². The fourth-order valence-electron chi connectivity index (χ4n) is 3.72. The number of likely N-dealkylation sites (tertiary alicyclic amines) is 1. The largest absolute Gasteiger partial charge is 0.348 e. The monoisotopic (exact) mass is 346 g/mol. The molecule has 0 bridgehead atoms. The number of nitrogens with zero attached hydrogens (tertiary/aromatic N) is 4. The van der Waals surface area contributed by atoms with Crippen LogP contribution in [-0.4, -0.2) is 63.9 Å². The van der Waals surface area contributed by atoms with Crippen molar-refractivity contribution in [1.29, 1.82) is 0 Å². The van der Waals surface area contributed by atoms with Crippen LogP contribution < -0.4 is 10.6 Å². The van der Waals surface area contributed by atoms with Crippen LogP contribution in [-0.2, 0) is 4.79 Å². The Kier molecular flexibility index (Phi) is 4.70. The molecular formula is C17H26N6O2. The summed E-state index contributed by atoms with van der Waals surface area (Å²) in [7, 11) is 0. The third-order valence-electron chi connectivity index (χ3n) is 5.49. The molecule has 0 spiro atoms. The van der Waals surface area contributed by atoms with E-state index in [9.17, 15) is 9.59 Å². The molecule has 8 heteroatoms. The first-order chi connectivity index (χ1) is 12.2. The van der Waals surface area contributed by atoms with Gasteiger partial charge in [0.15, 0.2) is 5.69 Å². The minimum absolute atomic E-state index is 0.132. The summed E-state index contributed by atoms with van der Waals surface area (Å²) in [5.41, 5.74) is 0.389. The van der Waals surface area contributed by atoms with Gasteiger partial charge in [-0.25, -0.2) is 4.68 Å². The van der Waals surface area contributed by atoms with E-state index in [4.69, 9.17) is 0 Å². The Morgan fingerprint density at radius 1 is 1.08 bits per heavy atom. The molecule has 2 aliphatic heterocycles. The Balaban J connectivity index is 1.30. The van der Waals surface area contributed by atoms with Crippen LogP contribution in [0.2, 0.25) is 0 Å². The summed E-state index contributed by atoms with van der Waals surface area (Å²) in [5.74, 6) is 0.359. The number of nitrogens with one attached hydrogen (secondary N) is 2. The van der Waals surface area contributed by atoms with Crippen LogP contribution in [0.5, 0.6) is 0 Å². The molecular weight excluding hydrogens is 320 g/mol. The Labute approximate surface area is 147 Å². The number of rotatable bonds is 4. The SMILES string of the molecule is O=C(NC1CC1)c1cn(C2CCN(C(=O)C3CCNCC3)CC2)nn1. The van der Waals surface area contributed by atoms with E-state index in [1.54, 1.807) is 10.9 Å². The van der Waals surface area contributed by atoms with E-state index in [0.29, 0.717) is 17.6 Å². The van der Waals surface area contributed by atoms with Gasteiger partial charge in [-0.05, 0) is 51.6 Å². The highest BCUT2D eigenvalue weighted by Gasteiger charge is 2.30. The maximum absolute atomic E-state index is 12.6. The lowest BCUT2D eigenvalue weighted by Gasteiger charge is -2.35. The minimum atomic E-state index is -0.132. The van der Waals surface area contributed by atoms with Crippen LogP contribution in [0, 0.1) is 5.92 Å². The van der Waals surface area contributed by atoms with E-state index < -0.39 is 0 Å². The van der Waals surface area contributed by atoms with Crippen molar-refractivity contribution in [2.45, 2.75) is 50.6 Å². The van der Waals surface area contributed by atoms with Crippen LogP contribution in [0.15, 0.2) is 6.20 Å². The van der Waals surface area contributed by atoms with Gasteiger partial charge in [0.2, 0.25) is 5.91 Å². The van der Waals surface area contributed by atoms with E-state index in [1.807, 2.05) is 4.90 Å². The smallest absolute Gasteiger partial charge is 0.273 e. The highest BCUT2D eigenvalue weighted by atomic mass is 16.2. The number of carbonyl (C=O) groups is 2. The predicted octanol–water partition coefficient (Wildman–Crippen LogP) is 0.333. The molecule has 25 heavy (non-hydrogen) atoms. The molecule has 2 amide bonds. The molecule has 3 fully saturated rings. The third-order valence-corrected chi connectivity index (χ3v) is 5.49. The number of hydrogen-bond acceptors (Lipinski definition) is 5. The van der Waals surface area contributed by atoms with Crippen LogP contribution in [0.25, 0.3) is 0 Å². The zero-order valence-corrected chi connectivity index (χ0v) is 14.5. The molecule has 1 aromatic heterocycles. The van der Waals surface area contributed by atoms with E-state index in [-0.39, 0.29) is 17.9 Å². The molecule has 2 saturated heterocycles. The summed E-state index contributed by atoms with van der Waals surface area (Å²) < 4.78 is 1.80. The summed E-state index contributed by atoms with van der Waals surface area (Å²) in [6, 6.07) is 0.536. The summed E-state index contributed by atoms with van der Waals surface area (Å²) >= 11 is 0. The number of hydrogen-bond donors (Lipinski definition) is 2. The van der Waals surface area contributed by atoms with Crippen molar-refractivity contribution in [2.24, 2.45) is 5.92 Å². The van der Waals surface area contributed by atoms with Crippen LogP contribution in [0.4, 0.5) is 0 Å². The molecule has 8 nitrogen and oxygen atoms in total. The highest BCUT2D eigenvalue weighted by Crippen LogP contribution is 2.25. The Hall–Kier alpha value is -1.96. The quantitative estimate of drug-likeness (QED) is 0.820. The molecule has 1 saturated carbocycles. The van der Waals surface area contributed by atoms with Gasteiger partial charge in [0.1, 0.15) is 0 Å². The Bertz CT molecular complexity index is 627. The second-order valence-corrected chi connectivity index (χ2v) is 7.41. The fourth-order valence-corrected chi connectivity index (χ4v) is 3.72. The fraction of sp³-hybridized carbons (Fsp3) is 0.765. The molecule has 0 atom stereocenters. The number of aromatic nitrogens is 3. The van der Waals surface area contributed by atoms with Gasteiger partial charge >= 0.3 is 0 Å². The van der Waals surface area contributed by atoms with Gasteiger partial charge in [-0.15, -0.1) is 5.10 Å². The van der Waals surface area contributed by atoms with E-state index in [2.05, 4.69) is 20.9 Å². The maximum Gasteiger partial charge on any atom is 0.273 e. The topological polar surface area (TPSA) is 92.2 Å². The lowest BCUT2D eigenvalue weighted by molar-refractivity contribution is -0.137. The van der Waals surface area contributed by atoms with Crippen molar-refractivity contribution in [3.63, 3.8) is 0 Å². The number of carbonyl (C=O) groups excluding carboxylic acids is 2. The van der Waals surface area contributed by atoms with Crippen LogP contribution >= 0.6 is 0 Å². The van der Waals surface area contributed by atoms with Crippen molar-refractivity contribution in [3.05, 3.63) is 11.9 Å². The first-order valence-corrected chi connectivity index (χ1v) is 9.43. The average molecular weight is 346 g/mol. The summed E-state index contributed by atoms with van der Waals surface area (Å²) in [5, 5.41) is 14.4. The minimum Gasteiger partial charge on any atom is -0.348 e. The molecule has 2 N–H and O–H groups in total. The van der Waals surface area contributed by atoms with E-state index in [0.717, 1.165) is 64.7 Å². The molecule has 1 aliphatic carbocycles.